The molecule has 19 heavy (non-hydrogen) atoms. The summed E-state index contributed by atoms with van der Waals surface area (Å²) in [5.74, 6) is 1.94. The van der Waals surface area contributed by atoms with Crippen LogP contribution in [-0.4, -0.2) is 18.6 Å². The van der Waals surface area contributed by atoms with Gasteiger partial charge >= 0.3 is 0 Å². The highest BCUT2D eigenvalue weighted by atomic mass is 32.2. The van der Waals surface area contributed by atoms with E-state index in [0.29, 0.717) is 6.04 Å². The average Bonchev–Trinajstić information content (AvgIpc) is 2.38. The van der Waals surface area contributed by atoms with Gasteiger partial charge in [0.05, 0.1) is 0 Å². The first-order valence-electron chi connectivity index (χ1n) is 7.48. The molecule has 0 radical (unpaired) electrons. The van der Waals surface area contributed by atoms with Crippen LogP contribution in [0.2, 0.25) is 0 Å². The second-order valence-electron chi connectivity index (χ2n) is 5.63. The first-order valence-corrected chi connectivity index (χ1v) is 8.87. The van der Waals surface area contributed by atoms with Crippen molar-refractivity contribution in [3.63, 3.8) is 0 Å². The molecule has 1 rings (SSSR count). The molecule has 1 nitrogen and oxygen atoms in total. The van der Waals surface area contributed by atoms with Gasteiger partial charge in [-0.05, 0) is 54.9 Å². The Morgan fingerprint density at radius 3 is 2.68 bits per heavy atom. The Bertz CT molecular complexity index is 341. The fourth-order valence-electron chi connectivity index (χ4n) is 2.35. The summed E-state index contributed by atoms with van der Waals surface area (Å²) < 4.78 is 0. The van der Waals surface area contributed by atoms with E-state index in [1.165, 1.54) is 36.1 Å². The molecular formula is C17H29NS. The van der Waals surface area contributed by atoms with Crippen molar-refractivity contribution in [1.29, 1.82) is 0 Å². The number of benzene rings is 1. The summed E-state index contributed by atoms with van der Waals surface area (Å²) in [6.45, 7) is 7.90. The summed E-state index contributed by atoms with van der Waals surface area (Å²) in [6, 6.07) is 9.66. The third kappa shape index (κ3) is 6.49. The molecule has 1 aromatic carbocycles. The molecule has 0 heterocycles. The van der Waals surface area contributed by atoms with E-state index in [1.807, 2.05) is 11.8 Å². The quantitative estimate of drug-likeness (QED) is 0.704. The van der Waals surface area contributed by atoms with Gasteiger partial charge in [-0.3, -0.25) is 0 Å². The fourth-order valence-corrected chi connectivity index (χ4v) is 2.82. The minimum Gasteiger partial charge on any atom is -0.310 e. The second-order valence-corrected chi connectivity index (χ2v) is 6.62. The SMILES string of the molecule is CCCNC(CCSC)c1cccc(CC(C)C)c1. The van der Waals surface area contributed by atoms with E-state index in [1.54, 1.807) is 0 Å². The van der Waals surface area contributed by atoms with Crippen LogP contribution in [0.3, 0.4) is 0 Å². The first-order chi connectivity index (χ1) is 9.17. The van der Waals surface area contributed by atoms with Gasteiger partial charge in [0.2, 0.25) is 0 Å². The van der Waals surface area contributed by atoms with E-state index < -0.39 is 0 Å². The molecule has 0 bridgehead atoms. The first kappa shape index (κ1) is 16.6. The Kier molecular flexibility index (Phi) is 8.24. The molecule has 108 valence electrons. The van der Waals surface area contributed by atoms with E-state index >= 15 is 0 Å². The van der Waals surface area contributed by atoms with E-state index in [-0.39, 0.29) is 0 Å². The molecule has 1 N–H and O–H groups in total. The monoisotopic (exact) mass is 279 g/mol. The van der Waals surface area contributed by atoms with Gasteiger partial charge in [-0.25, -0.2) is 0 Å². The lowest BCUT2D eigenvalue weighted by Gasteiger charge is -2.19. The average molecular weight is 279 g/mol. The van der Waals surface area contributed by atoms with Crippen molar-refractivity contribution >= 4 is 11.8 Å². The van der Waals surface area contributed by atoms with Crippen LogP contribution < -0.4 is 5.32 Å². The van der Waals surface area contributed by atoms with E-state index in [0.717, 1.165) is 12.5 Å². The molecule has 0 saturated carbocycles. The van der Waals surface area contributed by atoms with Crippen molar-refractivity contribution in [2.75, 3.05) is 18.6 Å². The van der Waals surface area contributed by atoms with Crippen LogP contribution in [0.1, 0.15) is 50.8 Å². The van der Waals surface area contributed by atoms with Crippen molar-refractivity contribution in [2.45, 2.75) is 46.1 Å². The highest BCUT2D eigenvalue weighted by Gasteiger charge is 2.11. The molecule has 0 aromatic heterocycles. The Balaban J connectivity index is 2.75. The molecule has 0 aliphatic carbocycles. The van der Waals surface area contributed by atoms with Gasteiger partial charge in [-0.2, -0.15) is 11.8 Å². The molecule has 0 aliphatic rings. The van der Waals surface area contributed by atoms with Crippen molar-refractivity contribution in [3.05, 3.63) is 35.4 Å². The second kappa shape index (κ2) is 9.44. The topological polar surface area (TPSA) is 12.0 Å². The van der Waals surface area contributed by atoms with Gasteiger partial charge in [0, 0.05) is 6.04 Å². The lowest BCUT2D eigenvalue weighted by molar-refractivity contribution is 0.520. The maximum atomic E-state index is 3.69. The molecule has 0 saturated heterocycles. The Hall–Kier alpha value is -0.470. The third-order valence-corrected chi connectivity index (χ3v) is 3.89. The maximum absolute atomic E-state index is 3.69. The Morgan fingerprint density at radius 1 is 1.26 bits per heavy atom. The summed E-state index contributed by atoms with van der Waals surface area (Å²) in [5.41, 5.74) is 2.93. The lowest BCUT2D eigenvalue weighted by Crippen LogP contribution is -2.22. The largest absolute Gasteiger partial charge is 0.310 e. The van der Waals surface area contributed by atoms with Crippen LogP contribution in [0.4, 0.5) is 0 Å². The Morgan fingerprint density at radius 2 is 2.05 bits per heavy atom. The molecule has 1 unspecified atom stereocenters. The van der Waals surface area contributed by atoms with E-state index in [2.05, 4.69) is 56.6 Å². The molecule has 1 aromatic rings. The summed E-state index contributed by atoms with van der Waals surface area (Å²) in [4.78, 5) is 0. The van der Waals surface area contributed by atoms with Crippen molar-refractivity contribution in [3.8, 4) is 0 Å². The van der Waals surface area contributed by atoms with Crippen LogP contribution in [0.5, 0.6) is 0 Å². The zero-order valence-corrected chi connectivity index (χ0v) is 13.7. The van der Waals surface area contributed by atoms with Gasteiger partial charge in [0.1, 0.15) is 0 Å². The van der Waals surface area contributed by atoms with Crippen LogP contribution in [-0.2, 0) is 6.42 Å². The summed E-state index contributed by atoms with van der Waals surface area (Å²) >= 11 is 1.93. The normalized spacial score (nSPS) is 12.9. The van der Waals surface area contributed by atoms with Gasteiger partial charge in [-0.15, -0.1) is 0 Å². The zero-order chi connectivity index (χ0) is 14.1. The predicted molar refractivity (Wildman–Crippen MR) is 89.0 cm³/mol. The van der Waals surface area contributed by atoms with Gasteiger partial charge in [0.25, 0.3) is 0 Å². The number of thioether (sulfide) groups is 1. The van der Waals surface area contributed by atoms with Crippen LogP contribution in [0, 0.1) is 5.92 Å². The molecule has 2 heteroatoms. The number of hydrogen-bond acceptors (Lipinski definition) is 2. The molecule has 0 aliphatic heterocycles. The van der Waals surface area contributed by atoms with Crippen LogP contribution in [0.15, 0.2) is 24.3 Å². The molecule has 0 spiro atoms. The van der Waals surface area contributed by atoms with E-state index in [4.69, 9.17) is 0 Å². The highest BCUT2D eigenvalue weighted by Crippen LogP contribution is 2.21. The minimum absolute atomic E-state index is 0.513. The van der Waals surface area contributed by atoms with Gasteiger partial charge < -0.3 is 5.32 Å². The van der Waals surface area contributed by atoms with Gasteiger partial charge in [-0.1, -0.05) is 45.0 Å². The molecule has 1 atom stereocenters. The summed E-state index contributed by atoms with van der Waals surface area (Å²) in [5, 5.41) is 3.69. The minimum atomic E-state index is 0.513. The van der Waals surface area contributed by atoms with Crippen molar-refractivity contribution in [2.24, 2.45) is 5.92 Å². The van der Waals surface area contributed by atoms with Crippen LogP contribution in [0.25, 0.3) is 0 Å². The Labute approximate surface area is 123 Å². The number of rotatable bonds is 9. The number of nitrogens with one attached hydrogen (secondary N) is 1. The third-order valence-electron chi connectivity index (χ3n) is 3.25. The highest BCUT2D eigenvalue weighted by molar-refractivity contribution is 7.98. The summed E-state index contributed by atoms with van der Waals surface area (Å²) in [6.07, 6.45) is 5.77. The van der Waals surface area contributed by atoms with Crippen LogP contribution >= 0.6 is 11.8 Å². The smallest absolute Gasteiger partial charge is 0.0328 e. The predicted octanol–water partition coefficient (Wildman–Crippen LogP) is 4.68. The van der Waals surface area contributed by atoms with Crippen molar-refractivity contribution < 1.29 is 0 Å². The summed E-state index contributed by atoms with van der Waals surface area (Å²) in [7, 11) is 0. The lowest BCUT2D eigenvalue weighted by atomic mass is 9.97. The van der Waals surface area contributed by atoms with E-state index in [9.17, 15) is 0 Å². The van der Waals surface area contributed by atoms with Gasteiger partial charge in [0.15, 0.2) is 0 Å². The van der Waals surface area contributed by atoms with Crippen molar-refractivity contribution in [1.82, 2.24) is 5.32 Å². The zero-order valence-electron chi connectivity index (χ0n) is 12.9. The standard InChI is InChI=1S/C17H29NS/c1-5-10-18-17(9-11-19-4)16-8-6-7-15(13-16)12-14(2)3/h6-8,13-14,17-18H,5,9-12H2,1-4H3. The molecule has 0 fully saturated rings. The molecular weight excluding hydrogens is 250 g/mol. The molecule has 0 amide bonds. The maximum Gasteiger partial charge on any atom is 0.0328 e. The number of hydrogen-bond donors (Lipinski definition) is 1. The fraction of sp³-hybridized carbons (Fsp3) is 0.647.